The lowest BCUT2D eigenvalue weighted by atomic mass is 10.1. The third kappa shape index (κ3) is 5.61. The second kappa shape index (κ2) is 6.43. The second-order valence-corrected chi connectivity index (χ2v) is 5.44. The van der Waals surface area contributed by atoms with Gasteiger partial charge in [0.1, 0.15) is 5.60 Å². The van der Waals surface area contributed by atoms with E-state index >= 15 is 0 Å². The van der Waals surface area contributed by atoms with Crippen molar-refractivity contribution in [2.45, 2.75) is 39.5 Å². The van der Waals surface area contributed by atoms with Gasteiger partial charge in [0.05, 0.1) is 6.54 Å². The van der Waals surface area contributed by atoms with E-state index in [0.29, 0.717) is 5.69 Å². The number of nitrogens with two attached hydrogens (primary N) is 2. The van der Waals surface area contributed by atoms with Gasteiger partial charge in [-0.2, -0.15) is 0 Å². The fourth-order valence-corrected chi connectivity index (χ4v) is 1.70. The largest absolute Gasteiger partial charge is 0.444 e. The first kappa shape index (κ1) is 15.3. The first-order valence-corrected chi connectivity index (χ1v) is 6.50. The molecule has 0 saturated heterocycles. The average Bonchev–Trinajstić information content (AvgIpc) is 2.26. The number of nitrogens with one attached hydrogen (secondary N) is 1. The fraction of sp³-hybridized carbons (Fsp3) is 0.500. The lowest BCUT2D eigenvalue weighted by Gasteiger charge is -2.22. The highest BCUT2D eigenvalue weighted by Gasteiger charge is 2.21. The number of amides is 1. The molecule has 0 saturated carbocycles. The van der Waals surface area contributed by atoms with E-state index in [1.807, 2.05) is 57.3 Å². The monoisotopic (exact) mass is 266 g/mol. The maximum Gasteiger partial charge on any atom is 0.412 e. The maximum absolute atomic E-state index is 11.8. The van der Waals surface area contributed by atoms with Gasteiger partial charge in [-0.3, -0.25) is 5.32 Å². The van der Waals surface area contributed by atoms with Gasteiger partial charge in [-0.25, -0.2) is 4.79 Å². The quantitative estimate of drug-likeness (QED) is 0.569. The number of anilines is 1. The van der Waals surface area contributed by atoms with Crippen LogP contribution in [0.3, 0.4) is 0 Å². The van der Waals surface area contributed by atoms with Gasteiger partial charge in [0, 0.05) is 11.3 Å². The van der Waals surface area contributed by atoms with Crippen molar-refractivity contribution < 1.29 is 14.8 Å². The fourth-order valence-electron chi connectivity index (χ4n) is 1.70. The zero-order valence-corrected chi connectivity index (χ0v) is 12.1. The van der Waals surface area contributed by atoms with Crippen molar-refractivity contribution >= 4 is 11.8 Å². The molecule has 1 aromatic carbocycles. The summed E-state index contributed by atoms with van der Waals surface area (Å²) in [5.41, 5.74) is 6.89. The summed E-state index contributed by atoms with van der Waals surface area (Å²) < 4.78 is 5.26. The van der Waals surface area contributed by atoms with Gasteiger partial charge in [0.25, 0.3) is 0 Å². The summed E-state index contributed by atoms with van der Waals surface area (Å²) in [6.45, 7) is 8.38. The van der Waals surface area contributed by atoms with Crippen molar-refractivity contribution in [1.29, 1.82) is 0 Å². The number of quaternary nitrogens is 1. The first-order valence-electron chi connectivity index (χ1n) is 6.50. The van der Waals surface area contributed by atoms with Gasteiger partial charge >= 0.3 is 6.09 Å². The Morgan fingerprint density at radius 3 is 2.68 bits per heavy atom. The molecule has 1 aromatic rings. The van der Waals surface area contributed by atoms with E-state index in [1.54, 1.807) is 0 Å². The van der Waals surface area contributed by atoms with Crippen LogP contribution in [-0.2, 0) is 4.74 Å². The van der Waals surface area contributed by atoms with Gasteiger partial charge in [-0.15, -0.1) is 0 Å². The molecule has 0 spiro atoms. The van der Waals surface area contributed by atoms with Crippen LogP contribution in [0.5, 0.6) is 0 Å². The van der Waals surface area contributed by atoms with Gasteiger partial charge < -0.3 is 15.8 Å². The molecule has 0 aromatic heterocycles. The third-order valence-corrected chi connectivity index (χ3v) is 2.41. The van der Waals surface area contributed by atoms with Gasteiger partial charge in [0.15, 0.2) is 6.17 Å². The number of ether oxygens (including phenoxy) is 1. The van der Waals surface area contributed by atoms with Gasteiger partial charge in [-0.05, 0) is 39.8 Å². The van der Waals surface area contributed by atoms with E-state index in [4.69, 9.17) is 10.5 Å². The summed E-state index contributed by atoms with van der Waals surface area (Å²) in [6.07, 6.45) is -0.618. The number of carbonyl (C=O) groups is 1. The Balaban J connectivity index is 2.76. The molecule has 1 unspecified atom stereocenters. The molecule has 19 heavy (non-hydrogen) atoms. The van der Waals surface area contributed by atoms with E-state index in [9.17, 15) is 4.79 Å². The summed E-state index contributed by atoms with van der Waals surface area (Å²) in [4.78, 5) is 11.8. The Morgan fingerprint density at radius 2 is 2.16 bits per heavy atom. The summed E-state index contributed by atoms with van der Waals surface area (Å²) in [5, 5.41) is 4.86. The number of benzene rings is 1. The van der Waals surface area contributed by atoms with Crippen LogP contribution in [-0.4, -0.2) is 18.2 Å². The van der Waals surface area contributed by atoms with E-state index in [-0.39, 0.29) is 6.17 Å². The molecular formula is C14H24N3O2+. The lowest BCUT2D eigenvalue weighted by molar-refractivity contribution is -0.697. The minimum atomic E-state index is -0.503. The van der Waals surface area contributed by atoms with Gasteiger partial charge in [0.2, 0.25) is 0 Å². The van der Waals surface area contributed by atoms with Crippen molar-refractivity contribution in [3.05, 3.63) is 29.8 Å². The Labute approximate surface area is 114 Å². The Kier molecular flexibility index (Phi) is 5.18. The molecule has 0 aliphatic carbocycles. The number of hydrogen-bond acceptors (Lipinski definition) is 3. The van der Waals surface area contributed by atoms with Crippen molar-refractivity contribution in [3.8, 4) is 0 Å². The molecule has 0 fully saturated rings. The molecule has 1 atom stereocenters. The van der Waals surface area contributed by atoms with Crippen LogP contribution < -0.4 is 16.4 Å². The summed E-state index contributed by atoms with van der Waals surface area (Å²) in [5.74, 6) is 0. The van der Waals surface area contributed by atoms with Crippen LogP contribution in [0.25, 0.3) is 0 Å². The van der Waals surface area contributed by atoms with E-state index < -0.39 is 11.7 Å². The third-order valence-electron chi connectivity index (χ3n) is 2.41. The highest BCUT2D eigenvalue weighted by molar-refractivity contribution is 5.68. The number of rotatable bonds is 4. The zero-order chi connectivity index (χ0) is 14.5. The van der Waals surface area contributed by atoms with Crippen molar-refractivity contribution in [2.24, 2.45) is 0 Å². The van der Waals surface area contributed by atoms with Crippen LogP contribution in [0.1, 0.15) is 39.4 Å². The highest BCUT2D eigenvalue weighted by atomic mass is 16.6. The van der Waals surface area contributed by atoms with Crippen LogP contribution in [0.2, 0.25) is 0 Å². The number of carbonyl (C=O) groups excluding carboxylic acids is 1. The lowest BCUT2D eigenvalue weighted by Crippen LogP contribution is -2.88. The zero-order valence-electron chi connectivity index (χ0n) is 12.1. The minimum Gasteiger partial charge on any atom is -0.444 e. The number of hydrogen-bond donors (Lipinski definition) is 3. The second-order valence-electron chi connectivity index (χ2n) is 5.44. The van der Waals surface area contributed by atoms with Crippen LogP contribution in [0.15, 0.2) is 24.3 Å². The molecule has 0 aliphatic heterocycles. The summed E-state index contributed by atoms with van der Waals surface area (Å²) in [6, 6.07) is 7.48. The van der Waals surface area contributed by atoms with Crippen LogP contribution in [0.4, 0.5) is 10.5 Å². The Hall–Kier alpha value is -1.75. The first-order chi connectivity index (χ1) is 8.81. The van der Waals surface area contributed by atoms with E-state index in [2.05, 4.69) is 5.32 Å². The molecule has 0 radical (unpaired) electrons. The van der Waals surface area contributed by atoms with Crippen molar-refractivity contribution in [2.75, 3.05) is 12.3 Å². The average molecular weight is 266 g/mol. The molecule has 1 amide bonds. The van der Waals surface area contributed by atoms with Crippen molar-refractivity contribution in [1.82, 2.24) is 5.32 Å². The Morgan fingerprint density at radius 1 is 1.47 bits per heavy atom. The molecule has 106 valence electrons. The predicted octanol–water partition coefficient (Wildman–Crippen LogP) is 1.38. The minimum absolute atomic E-state index is 0.191. The molecule has 5 nitrogen and oxygen atoms in total. The van der Waals surface area contributed by atoms with Crippen molar-refractivity contribution in [3.63, 3.8) is 0 Å². The summed E-state index contributed by atoms with van der Waals surface area (Å²) in [7, 11) is 0. The molecule has 0 heterocycles. The molecule has 0 bridgehead atoms. The SMILES string of the molecule is CC[NH2+]C(NC(=O)OC(C)(C)C)c1cccc(N)c1. The van der Waals surface area contributed by atoms with Crippen LogP contribution in [0, 0.1) is 0 Å². The predicted molar refractivity (Wildman–Crippen MR) is 75.4 cm³/mol. The number of alkyl carbamates (subject to hydrolysis) is 1. The molecule has 0 aliphatic rings. The molecule has 1 rings (SSSR count). The molecule has 5 N–H and O–H groups in total. The summed E-state index contributed by atoms with van der Waals surface area (Å²) >= 11 is 0. The van der Waals surface area contributed by atoms with Crippen LogP contribution >= 0.6 is 0 Å². The molecule has 5 heteroatoms. The molecular weight excluding hydrogens is 242 g/mol. The Bertz CT molecular complexity index is 427. The smallest absolute Gasteiger partial charge is 0.412 e. The van der Waals surface area contributed by atoms with E-state index in [0.717, 1.165) is 12.1 Å². The number of nitrogen functional groups attached to an aromatic ring is 1. The normalized spacial score (nSPS) is 12.8. The van der Waals surface area contributed by atoms with Gasteiger partial charge in [-0.1, -0.05) is 12.1 Å². The highest BCUT2D eigenvalue weighted by Crippen LogP contribution is 2.12. The maximum atomic E-state index is 11.8. The topological polar surface area (TPSA) is 81.0 Å². The van der Waals surface area contributed by atoms with E-state index in [1.165, 1.54) is 0 Å². The standard InChI is InChI=1S/C14H23N3O2/c1-5-16-12(10-7-6-8-11(15)9-10)17-13(18)19-14(2,3)4/h6-9,12,16H,5,15H2,1-4H3,(H,17,18)/p+1.